The molecule has 9 heteroatoms. The van der Waals surface area contributed by atoms with E-state index in [9.17, 15) is 24.0 Å². The molecule has 0 radical (unpaired) electrons. The van der Waals surface area contributed by atoms with E-state index in [0.717, 1.165) is 22.8 Å². The van der Waals surface area contributed by atoms with E-state index in [1.165, 1.54) is 31.3 Å². The Morgan fingerprint density at radius 1 is 1.19 bits per heavy atom. The number of esters is 1. The Bertz CT molecular complexity index is 1010. The fourth-order valence-electron chi connectivity index (χ4n) is 2.45. The van der Waals surface area contributed by atoms with Crippen LogP contribution in [0.5, 0.6) is 0 Å². The van der Waals surface area contributed by atoms with Crippen LogP contribution >= 0.6 is 0 Å². The molecule has 2 aromatic rings. The third-order valence-corrected chi connectivity index (χ3v) is 3.65. The summed E-state index contributed by atoms with van der Waals surface area (Å²) >= 11 is 0. The Morgan fingerprint density at radius 3 is 2.46 bits per heavy atom. The van der Waals surface area contributed by atoms with Gasteiger partial charge in [0.1, 0.15) is 24.2 Å². The Balaban J connectivity index is 2.73. The Kier molecular flexibility index (Phi) is 5.51. The maximum Gasteiger partial charge on any atom is 0.325 e. The van der Waals surface area contributed by atoms with Gasteiger partial charge in [-0.05, 0) is 12.1 Å². The lowest BCUT2D eigenvalue weighted by Gasteiger charge is -2.16. The number of likely N-dealkylation sites (N-methyl/N-ethyl adjacent to an activating group) is 1. The number of carbonyl (C=O) groups excluding carboxylic acids is 2. The van der Waals surface area contributed by atoms with E-state index in [4.69, 9.17) is 5.11 Å². The smallest absolute Gasteiger partial charge is 0.325 e. The van der Waals surface area contributed by atoms with Crippen LogP contribution in [-0.2, 0) is 20.9 Å². The number of aliphatic carboxylic acids is 1. The highest BCUT2D eigenvalue weighted by molar-refractivity contribution is 5.98. The number of fused-ring (bicyclic) bond motifs is 1. The molecule has 0 bridgehead atoms. The zero-order chi connectivity index (χ0) is 19.4. The second-order valence-corrected chi connectivity index (χ2v) is 5.48. The Morgan fingerprint density at radius 2 is 1.85 bits per heavy atom. The molecule has 0 saturated carbocycles. The topological polar surface area (TPSA) is 123 Å². The van der Waals surface area contributed by atoms with E-state index < -0.39 is 35.2 Å². The van der Waals surface area contributed by atoms with Crippen molar-refractivity contribution in [1.29, 1.82) is 0 Å². The SMILES string of the molecule is COC(=O)CN(C)C(=O)c1cn(CC(=O)O)c2c(=O)ccccc2c1=O. The summed E-state index contributed by atoms with van der Waals surface area (Å²) in [6, 6.07) is 5.40. The van der Waals surface area contributed by atoms with Crippen molar-refractivity contribution in [1.82, 2.24) is 9.47 Å². The predicted octanol–water partition coefficient (Wildman–Crippen LogP) is -0.309. The lowest BCUT2D eigenvalue weighted by atomic mass is 10.1. The number of hydrogen-bond acceptors (Lipinski definition) is 6. The minimum atomic E-state index is -1.25. The monoisotopic (exact) mass is 360 g/mol. The molecule has 1 amide bonds. The third kappa shape index (κ3) is 3.77. The van der Waals surface area contributed by atoms with E-state index in [1.807, 2.05) is 0 Å². The molecule has 1 aromatic heterocycles. The lowest BCUT2D eigenvalue weighted by molar-refractivity contribution is -0.141. The Labute approximate surface area is 147 Å². The minimum absolute atomic E-state index is 0.0847. The third-order valence-electron chi connectivity index (χ3n) is 3.65. The average molecular weight is 360 g/mol. The van der Waals surface area contributed by atoms with Crippen molar-refractivity contribution in [3.8, 4) is 0 Å². The number of carbonyl (C=O) groups is 3. The molecule has 0 atom stereocenters. The molecule has 1 aromatic carbocycles. The maximum absolute atomic E-state index is 12.7. The van der Waals surface area contributed by atoms with Gasteiger partial charge in [0.15, 0.2) is 0 Å². The highest BCUT2D eigenvalue weighted by atomic mass is 16.5. The number of hydrogen-bond donors (Lipinski definition) is 1. The summed E-state index contributed by atoms with van der Waals surface area (Å²) in [5, 5.41) is 9.00. The number of carboxylic acids is 1. The highest BCUT2D eigenvalue weighted by Crippen LogP contribution is 2.09. The van der Waals surface area contributed by atoms with Crippen molar-refractivity contribution in [3.63, 3.8) is 0 Å². The number of nitrogens with zero attached hydrogens (tertiary/aromatic N) is 2. The summed E-state index contributed by atoms with van der Waals surface area (Å²) in [6.07, 6.45) is 1.02. The van der Waals surface area contributed by atoms with Gasteiger partial charge in [0, 0.05) is 13.2 Å². The van der Waals surface area contributed by atoms with Crippen LogP contribution in [0.4, 0.5) is 0 Å². The maximum atomic E-state index is 12.7. The van der Waals surface area contributed by atoms with Crippen LogP contribution in [0.1, 0.15) is 10.4 Å². The van der Waals surface area contributed by atoms with Gasteiger partial charge in [-0.1, -0.05) is 12.1 Å². The first kappa shape index (κ1) is 18.8. The van der Waals surface area contributed by atoms with Gasteiger partial charge in [0.2, 0.25) is 10.9 Å². The molecule has 0 aliphatic rings. The number of carboxylic acid groups (broad SMARTS) is 1. The average Bonchev–Trinajstić information content (AvgIpc) is 2.78. The van der Waals surface area contributed by atoms with Gasteiger partial charge >= 0.3 is 11.9 Å². The first-order valence-corrected chi connectivity index (χ1v) is 7.46. The van der Waals surface area contributed by atoms with Crippen LogP contribution in [0, 0.1) is 0 Å². The second kappa shape index (κ2) is 7.60. The molecule has 0 aliphatic carbocycles. The van der Waals surface area contributed by atoms with Crippen molar-refractivity contribution in [2.45, 2.75) is 6.54 Å². The first-order valence-electron chi connectivity index (χ1n) is 7.46. The molecule has 0 unspecified atom stereocenters. The molecule has 2 rings (SSSR count). The number of amides is 1. The number of aromatic nitrogens is 1. The molecule has 136 valence electrons. The van der Waals surface area contributed by atoms with Gasteiger partial charge in [-0.25, -0.2) is 0 Å². The van der Waals surface area contributed by atoms with Crippen molar-refractivity contribution < 1.29 is 24.2 Å². The summed E-state index contributed by atoms with van der Waals surface area (Å²) in [5.74, 6) is -2.72. The first-order chi connectivity index (χ1) is 12.3. The van der Waals surface area contributed by atoms with Crippen LogP contribution in [-0.4, -0.2) is 53.1 Å². The molecule has 9 nitrogen and oxygen atoms in total. The van der Waals surface area contributed by atoms with Crippen molar-refractivity contribution in [2.75, 3.05) is 20.7 Å². The number of ether oxygens (including phenoxy) is 1. The zero-order valence-electron chi connectivity index (χ0n) is 14.1. The molecule has 0 fully saturated rings. The normalized spacial score (nSPS) is 10.4. The van der Waals surface area contributed by atoms with Gasteiger partial charge in [0.25, 0.3) is 5.91 Å². The van der Waals surface area contributed by atoms with Gasteiger partial charge in [0.05, 0.1) is 12.5 Å². The minimum Gasteiger partial charge on any atom is -0.480 e. The van der Waals surface area contributed by atoms with Gasteiger partial charge < -0.3 is 19.3 Å². The molecule has 26 heavy (non-hydrogen) atoms. The van der Waals surface area contributed by atoms with Crippen LogP contribution in [0.15, 0.2) is 40.1 Å². The van der Waals surface area contributed by atoms with E-state index >= 15 is 0 Å². The van der Waals surface area contributed by atoms with E-state index in [0.29, 0.717) is 0 Å². The van der Waals surface area contributed by atoms with E-state index in [1.54, 1.807) is 0 Å². The highest BCUT2D eigenvalue weighted by Gasteiger charge is 2.21. The summed E-state index contributed by atoms with van der Waals surface area (Å²) in [4.78, 5) is 60.9. The summed E-state index contributed by atoms with van der Waals surface area (Å²) in [5.41, 5.74) is -1.74. The fourth-order valence-corrected chi connectivity index (χ4v) is 2.45. The largest absolute Gasteiger partial charge is 0.480 e. The zero-order valence-corrected chi connectivity index (χ0v) is 14.1. The summed E-state index contributed by atoms with van der Waals surface area (Å²) < 4.78 is 5.52. The van der Waals surface area contributed by atoms with Crippen LogP contribution in [0.25, 0.3) is 10.9 Å². The molecule has 0 aliphatic heterocycles. The second-order valence-electron chi connectivity index (χ2n) is 5.48. The molecule has 0 spiro atoms. The van der Waals surface area contributed by atoms with Crippen molar-refractivity contribution in [3.05, 3.63) is 56.5 Å². The number of methoxy groups -OCH3 is 1. The lowest BCUT2D eigenvalue weighted by Crippen LogP contribution is -2.36. The molecular formula is C17H16N2O7. The summed E-state index contributed by atoms with van der Waals surface area (Å²) in [6.45, 7) is -1.00. The standard InChI is InChI=1S/C17H16N2O7/c1-18(9-14(23)26-2)17(25)11-7-19(8-13(21)22)15-10(16(11)24)5-3-4-6-12(15)20/h3-7H,8-9H2,1-2H3,(H,21,22). The van der Waals surface area contributed by atoms with E-state index in [2.05, 4.69) is 4.74 Å². The fraction of sp³-hybridized carbons (Fsp3) is 0.235. The van der Waals surface area contributed by atoms with Gasteiger partial charge in [-0.2, -0.15) is 0 Å². The van der Waals surface area contributed by atoms with Crippen LogP contribution in [0.2, 0.25) is 0 Å². The van der Waals surface area contributed by atoms with Gasteiger partial charge in [-0.3, -0.25) is 24.0 Å². The van der Waals surface area contributed by atoms with Crippen LogP contribution < -0.4 is 10.9 Å². The molecule has 0 saturated heterocycles. The molecule has 1 heterocycles. The van der Waals surface area contributed by atoms with Gasteiger partial charge in [-0.15, -0.1) is 0 Å². The van der Waals surface area contributed by atoms with E-state index in [-0.39, 0.29) is 23.0 Å². The number of rotatable bonds is 5. The number of pyridine rings is 1. The Hall–Kier alpha value is -3.49. The summed E-state index contributed by atoms with van der Waals surface area (Å²) in [7, 11) is 2.46. The van der Waals surface area contributed by atoms with Crippen LogP contribution in [0.3, 0.4) is 0 Å². The molecular weight excluding hydrogens is 344 g/mol. The van der Waals surface area contributed by atoms with Crippen molar-refractivity contribution in [2.24, 2.45) is 0 Å². The van der Waals surface area contributed by atoms with Crippen molar-refractivity contribution >= 4 is 28.7 Å². The quantitative estimate of drug-likeness (QED) is 0.726. The molecule has 1 N–H and O–H groups in total. The predicted molar refractivity (Wildman–Crippen MR) is 91.1 cm³/mol.